The molecule has 2 aromatic carbocycles. The Bertz CT molecular complexity index is 769. The van der Waals surface area contributed by atoms with Crippen LogP contribution in [0.3, 0.4) is 0 Å². The summed E-state index contributed by atoms with van der Waals surface area (Å²) in [5.41, 5.74) is 10.1. The van der Waals surface area contributed by atoms with E-state index in [1.807, 2.05) is 6.20 Å². The third-order valence-corrected chi connectivity index (χ3v) is 4.53. The minimum absolute atomic E-state index is 1.20. The molecule has 0 bridgehead atoms. The first-order valence-corrected chi connectivity index (χ1v) is 8.72. The van der Waals surface area contributed by atoms with E-state index in [2.05, 4.69) is 102 Å². The molecule has 132 valence electrons. The lowest BCUT2D eigenvalue weighted by Crippen LogP contribution is -2.16. The van der Waals surface area contributed by atoms with Crippen LogP contribution in [0.15, 0.2) is 49.4 Å². The van der Waals surface area contributed by atoms with Crippen molar-refractivity contribution in [3.05, 3.63) is 82.8 Å². The van der Waals surface area contributed by atoms with Gasteiger partial charge >= 0.3 is 0 Å². The molecule has 0 spiro atoms. The predicted molar refractivity (Wildman–Crippen MR) is 112 cm³/mol. The Morgan fingerprint density at radius 2 is 1.08 bits per heavy atom. The summed E-state index contributed by atoms with van der Waals surface area (Å²) >= 11 is 0. The predicted octanol–water partition coefficient (Wildman–Crippen LogP) is 6.09. The Labute approximate surface area is 153 Å². The minimum atomic E-state index is 1.20. The van der Waals surface area contributed by atoms with Gasteiger partial charge in [0.05, 0.1) is 5.69 Å². The molecule has 0 amide bonds. The molecule has 0 saturated carbocycles. The van der Waals surface area contributed by atoms with Gasteiger partial charge < -0.3 is 9.80 Å². The van der Waals surface area contributed by atoms with Crippen LogP contribution in [0.25, 0.3) is 0 Å². The van der Waals surface area contributed by atoms with Crippen LogP contribution in [-0.4, -0.2) is 7.05 Å². The van der Waals surface area contributed by atoms with Gasteiger partial charge in [0.1, 0.15) is 0 Å². The highest BCUT2D eigenvalue weighted by molar-refractivity contribution is 5.65. The lowest BCUT2D eigenvalue weighted by molar-refractivity contribution is 1.12. The average Bonchev–Trinajstić information content (AvgIpc) is 2.48. The van der Waals surface area contributed by atoms with Gasteiger partial charge in [0.15, 0.2) is 0 Å². The Kier molecular flexibility index (Phi) is 5.73. The summed E-state index contributed by atoms with van der Waals surface area (Å²) in [6.07, 6.45) is 6.05. The van der Waals surface area contributed by atoms with Gasteiger partial charge in [-0.25, -0.2) is 0 Å². The molecule has 0 fully saturated rings. The zero-order valence-corrected chi connectivity index (χ0v) is 16.6. The van der Waals surface area contributed by atoms with Crippen LogP contribution < -0.4 is 9.80 Å². The van der Waals surface area contributed by atoms with E-state index >= 15 is 0 Å². The number of hydrogen-bond donors (Lipinski definition) is 0. The normalized spacial score (nSPS) is 11.0. The van der Waals surface area contributed by atoms with Gasteiger partial charge in [0.2, 0.25) is 0 Å². The standard InChI is InChI=1S/C23H30N2/c1-9-25(23-20(6)14-17(3)15-21(23)7)11-10-24(8)22-18(4)12-16(2)13-19(22)5/h9-15H,1H2,2-8H3/b11-10-. The largest absolute Gasteiger partial charge is 0.349 e. The Hall–Kier alpha value is -2.48. The van der Waals surface area contributed by atoms with Crippen LogP contribution in [0.4, 0.5) is 11.4 Å². The van der Waals surface area contributed by atoms with Gasteiger partial charge in [-0.3, -0.25) is 0 Å². The van der Waals surface area contributed by atoms with E-state index in [0.717, 1.165) is 0 Å². The number of anilines is 2. The monoisotopic (exact) mass is 334 g/mol. The van der Waals surface area contributed by atoms with Crippen molar-refractivity contribution in [3.8, 4) is 0 Å². The number of benzene rings is 2. The van der Waals surface area contributed by atoms with Crippen molar-refractivity contribution < 1.29 is 0 Å². The molecule has 2 heteroatoms. The maximum atomic E-state index is 4.00. The smallest absolute Gasteiger partial charge is 0.0508 e. The van der Waals surface area contributed by atoms with E-state index in [4.69, 9.17) is 0 Å². The number of rotatable bonds is 5. The molecule has 0 heterocycles. The second-order valence-corrected chi connectivity index (χ2v) is 6.99. The Morgan fingerprint density at radius 3 is 1.48 bits per heavy atom. The molecular weight excluding hydrogens is 304 g/mol. The quantitative estimate of drug-likeness (QED) is 0.652. The van der Waals surface area contributed by atoms with E-state index in [1.54, 1.807) is 0 Å². The highest BCUT2D eigenvalue weighted by atomic mass is 15.1. The van der Waals surface area contributed by atoms with Gasteiger partial charge in [-0.1, -0.05) is 42.0 Å². The zero-order chi connectivity index (χ0) is 18.7. The number of aryl methyl sites for hydroxylation is 6. The molecule has 0 aliphatic carbocycles. The molecule has 0 aliphatic rings. The topological polar surface area (TPSA) is 6.48 Å². The molecule has 0 atom stereocenters. The lowest BCUT2D eigenvalue weighted by atomic mass is 10.0. The lowest BCUT2D eigenvalue weighted by Gasteiger charge is -2.24. The second-order valence-electron chi connectivity index (χ2n) is 6.99. The molecular formula is C23H30N2. The molecule has 0 unspecified atom stereocenters. The van der Waals surface area contributed by atoms with Gasteiger partial charge in [0, 0.05) is 31.3 Å². The molecule has 2 nitrogen and oxygen atoms in total. The summed E-state index contributed by atoms with van der Waals surface area (Å²) in [5, 5.41) is 0. The van der Waals surface area contributed by atoms with Crippen molar-refractivity contribution >= 4 is 11.4 Å². The first-order valence-electron chi connectivity index (χ1n) is 8.72. The molecule has 0 N–H and O–H groups in total. The highest BCUT2D eigenvalue weighted by Crippen LogP contribution is 2.28. The Balaban J connectivity index is 2.35. The first-order chi connectivity index (χ1) is 11.7. The fourth-order valence-electron chi connectivity index (χ4n) is 3.78. The zero-order valence-electron chi connectivity index (χ0n) is 16.6. The van der Waals surface area contributed by atoms with Crippen molar-refractivity contribution in [2.45, 2.75) is 41.5 Å². The minimum Gasteiger partial charge on any atom is -0.349 e. The molecule has 0 saturated heterocycles. The molecule has 2 aromatic rings. The molecule has 0 radical (unpaired) electrons. The highest BCUT2D eigenvalue weighted by Gasteiger charge is 2.10. The second kappa shape index (κ2) is 7.60. The van der Waals surface area contributed by atoms with Gasteiger partial charge in [-0.05, 0) is 63.8 Å². The maximum absolute atomic E-state index is 4.00. The third kappa shape index (κ3) is 4.14. The summed E-state index contributed by atoms with van der Waals surface area (Å²) < 4.78 is 0. The number of hydrogen-bond acceptors (Lipinski definition) is 2. The Morgan fingerprint density at radius 1 is 0.680 bits per heavy atom. The summed E-state index contributed by atoms with van der Waals surface area (Å²) in [7, 11) is 2.09. The van der Waals surface area contributed by atoms with Crippen LogP contribution >= 0.6 is 0 Å². The van der Waals surface area contributed by atoms with Crippen LogP contribution in [0.2, 0.25) is 0 Å². The van der Waals surface area contributed by atoms with Crippen LogP contribution in [0, 0.1) is 41.5 Å². The van der Waals surface area contributed by atoms with E-state index in [9.17, 15) is 0 Å². The van der Waals surface area contributed by atoms with E-state index in [-0.39, 0.29) is 0 Å². The van der Waals surface area contributed by atoms with Crippen molar-refractivity contribution in [3.63, 3.8) is 0 Å². The summed E-state index contributed by atoms with van der Waals surface area (Å²) in [6, 6.07) is 8.88. The van der Waals surface area contributed by atoms with E-state index in [0.29, 0.717) is 0 Å². The van der Waals surface area contributed by atoms with Crippen molar-refractivity contribution in [2.24, 2.45) is 0 Å². The van der Waals surface area contributed by atoms with E-state index in [1.165, 1.54) is 44.8 Å². The summed E-state index contributed by atoms with van der Waals surface area (Å²) in [5.74, 6) is 0. The summed E-state index contributed by atoms with van der Waals surface area (Å²) in [4.78, 5) is 4.28. The van der Waals surface area contributed by atoms with E-state index < -0.39 is 0 Å². The first kappa shape index (κ1) is 18.9. The van der Waals surface area contributed by atoms with Gasteiger partial charge in [-0.2, -0.15) is 0 Å². The van der Waals surface area contributed by atoms with Crippen LogP contribution in [0.1, 0.15) is 33.4 Å². The average molecular weight is 335 g/mol. The molecule has 25 heavy (non-hydrogen) atoms. The van der Waals surface area contributed by atoms with Crippen LogP contribution in [-0.2, 0) is 0 Å². The van der Waals surface area contributed by atoms with Crippen LogP contribution in [0.5, 0.6) is 0 Å². The van der Waals surface area contributed by atoms with Gasteiger partial charge in [0.25, 0.3) is 0 Å². The van der Waals surface area contributed by atoms with Gasteiger partial charge in [-0.15, -0.1) is 0 Å². The van der Waals surface area contributed by atoms with Crippen molar-refractivity contribution in [2.75, 3.05) is 16.8 Å². The van der Waals surface area contributed by atoms with Crippen molar-refractivity contribution in [1.29, 1.82) is 0 Å². The fourth-order valence-corrected chi connectivity index (χ4v) is 3.78. The number of nitrogens with zero attached hydrogens (tertiary/aromatic N) is 2. The maximum Gasteiger partial charge on any atom is 0.0508 e. The fraction of sp³-hybridized carbons (Fsp3) is 0.304. The SMILES string of the molecule is C=CN(/C=C\N(C)c1c(C)cc(C)cc1C)c1c(C)cc(C)cc1C. The van der Waals surface area contributed by atoms with Crippen molar-refractivity contribution in [1.82, 2.24) is 0 Å². The summed E-state index contributed by atoms with van der Waals surface area (Å²) in [6.45, 7) is 16.9. The molecule has 0 aromatic heterocycles. The molecule has 2 rings (SSSR count). The third-order valence-electron chi connectivity index (χ3n) is 4.53. The molecule has 0 aliphatic heterocycles.